The summed E-state index contributed by atoms with van der Waals surface area (Å²) in [5.74, 6) is -0.204. The first kappa shape index (κ1) is 23.5. The standard InChI is InChI=1S/C22H27ClFN3O3S/c1-15-4-3-11-27(14-15)16(2)13-25-22(28)17-5-10-20(23)21(12-17)31(29,30)26-19-8-6-18(24)7-9-19/h5-10,12,15-16,26H,3-4,11,13-14H2,1-2H3,(H,25,28). The van der Waals surface area contributed by atoms with Crippen LogP contribution in [0, 0.1) is 11.7 Å². The normalized spacial score (nSPS) is 18.4. The van der Waals surface area contributed by atoms with Crippen LogP contribution in [0.2, 0.25) is 5.02 Å². The molecule has 1 aliphatic heterocycles. The van der Waals surface area contributed by atoms with Gasteiger partial charge in [-0.05, 0) is 74.7 Å². The second-order valence-corrected chi connectivity index (χ2v) is 10.1. The number of amides is 1. The van der Waals surface area contributed by atoms with E-state index in [-0.39, 0.29) is 33.1 Å². The lowest BCUT2D eigenvalue weighted by molar-refractivity contribution is 0.0917. The summed E-state index contributed by atoms with van der Waals surface area (Å²) in [5, 5.41) is 2.87. The molecule has 1 aliphatic rings. The molecule has 1 heterocycles. The number of sulfonamides is 1. The van der Waals surface area contributed by atoms with E-state index in [1.807, 2.05) is 0 Å². The predicted octanol–water partition coefficient (Wildman–Crippen LogP) is 4.13. The lowest BCUT2D eigenvalue weighted by atomic mass is 9.99. The molecule has 3 rings (SSSR count). The van der Waals surface area contributed by atoms with Crippen LogP contribution in [0.5, 0.6) is 0 Å². The summed E-state index contributed by atoms with van der Waals surface area (Å²) in [4.78, 5) is 14.8. The van der Waals surface area contributed by atoms with Crippen molar-refractivity contribution >= 4 is 33.2 Å². The number of nitrogens with zero attached hydrogens (tertiary/aromatic N) is 1. The van der Waals surface area contributed by atoms with Gasteiger partial charge in [0.05, 0.1) is 5.02 Å². The zero-order valence-corrected chi connectivity index (χ0v) is 19.1. The molecule has 0 spiro atoms. The molecule has 2 aromatic carbocycles. The van der Waals surface area contributed by atoms with Crippen molar-refractivity contribution < 1.29 is 17.6 Å². The molecular formula is C22H27ClFN3O3S. The quantitative estimate of drug-likeness (QED) is 0.641. The third-order valence-corrected chi connectivity index (χ3v) is 7.31. The van der Waals surface area contributed by atoms with Gasteiger partial charge in [-0.3, -0.25) is 14.4 Å². The van der Waals surface area contributed by atoms with Gasteiger partial charge < -0.3 is 5.32 Å². The Hall–Kier alpha value is -2.16. The number of hydrogen-bond donors (Lipinski definition) is 2. The van der Waals surface area contributed by atoms with Crippen LogP contribution in [-0.4, -0.2) is 44.9 Å². The molecule has 2 unspecified atom stereocenters. The molecule has 6 nitrogen and oxygen atoms in total. The highest BCUT2D eigenvalue weighted by atomic mass is 35.5. The van der Waals surface area contributed by atoms with Crippen LogP contribution in [0.3, 0.4) is 0 Å². The van der Waals surface area contributed by atoms with Crippen LogP contribution in [0.1, 0.15) is 37.0 Å². The first-order chi connectivity index (χ1) is 14.7. The Balaban J connectivity index is 1.69. The SMILES string of the molecule is CC1CCCN(C(C)CNC(=O)c2ccc(Cl)c(S(=O)(=O)Nc3ccc(F)cc3)c2)C1. The maximum Gasteiger partial charge on any atom is 0.263 e. The van der Waals surface area contributed by atoms with Gasteiger partial charge in [0, 0.05) is 30.4 Å². The molecule has 0 saturated carbocycles. The summed E-state index contributed by atoms with van der Waals surface area (Å²) in [5.41, 5.74) is 0.389. The van der Waals surface area contributed by atoms with Gasteiger partial charge in [-0.2, -0.15) is 0 Å². The molecule has 31 heavy (non-hydrogen) atoms. The number of hydrogen-bond acceptors (Lipinski definition) is 4. The second-order valence-electron chi connectivity index (χ2n) is 8.06. The zero-order valence-electron chi connectivity index (χ0n) is 17.6. The third kappa shape index (κ3) is 6.18. The highest BCUT2D eigenvalue weighted by Crippen LogP contribution is 2.25. The largest absolute Gasteiger partial charge is 0.350 e. The number of anilines is 1. The molecule has 1 amide bonds. The van der Waals surface area contributed by atoms with Crippen LogP contribution in [0.15, 0.2) is 47.4 Å². The lowest BCUT2D eigenvalue weighted by Crippen LogP contribution is -2.46. The summed E-state index contributed by atoms with van der Waals surface area (Å²) in [6.07, 6.45) is 2.38. The fourth-order valence-electron chi connectivity index (χ4n) is 3.68. The van der Waals surface area contributed by atoms with E-state index in [1.165, 1.54) is 36.8 Å². The molecule has 0 aliphatic carbocycles. The molecule has 0 radical (unpaired) electrons. The first-order valence-electron chi connectivity index (χ1n) is 10.3. The van der Waals surface area contributed by atoms with E-state index in [2.05, 4.69) is 28.8 Å². The van der Waals surface area contributed by atoms with Crippen LogP contribution in [0.4, 0.5) is 10.1 Å². The summed E-state index contributed by atoms with van der Waals surface area (Å²) < 4.78 is 40.9. The Morgan fingerprint density at radius 1 is 1.26 bits per heavy atom. The number of piperidine rings is 1. The van der Waals surface area contributed by atoms with Crippen LogP contribution >= 0.6 is 11.6 Å². The highest BCUT2D eigenvalue weighted by Gasteiger charge is 2.23. The minimum atomic E-state index is -4.06. The minimum Gasteiger partial charge on any atom is -0.350 e. The highest BCUT2D eigenvalue weighted by molar-refractivity contribution is 7.92. The van der Waals surface area contributed by atoms with Gasteiger partial charge in [0.15, 0.2) is 0 Å². The summed E-state index contributed by atoms with van der Waals surface area (Å²) in [6.45, 7) is 6.79. The fourth-order valence-corrected chi connectivity index (χ4v) is 5.26. The van der Waals surface area contributed by atoms with Crippen molar-refractivity contribution in [1.82, 2.24) is 10.2 Å². The predicted molar refractivity (Wildman–Crippen MR) is 120 cm³/mol. The van der Waals surface area contributed by atoms with E-state index in [4.69, 9.17) is 11.6 Å². The third-order valence-electron chi connectivity index (χ3n) is 5.45. The fraction of sp³-hybridized carbons (Fsp3) is 0.409. The average molecular weight is 468 g/mol. The summed E-state index contributed by atoms with van der Waals surface area (Å²) in [7, 11) is -4.06. The maximum atomic E-state index is 13.1. The van der Waals surface area contributed by atoms with Crippen molar-refractivity contribution in [3.63, 3.8) is 0 Å². The van der Waals surface area contributed by atoms with Gasteiger partial charge in [-0.1, -0.05) is 18.5 Å². The maximum absolute atomic E-state index is 13.1. The monoisotopic (exact) mass is 467 g/mol. The Bertz CT molecular complexity index is 1030. The molecule has 9 heteroatoms. The average Bonchev–Trinajstić information content (AvgIpc) is 2.73. The number of carbonyl (C=O) groups is 1. The van der Waals surface area contributed by atoms with Crippen molar-refractivity contribution in [3.8, 4) is 0 Å². The van der Waals surface area contributed by atoms with Crippen LogP contribution in [-0.2, 0) is 10.0 Å². The molecular weight excluding hydrogens is 441 g/mol. The van der Waals surface area contributed by atoms with Gasteiger partial charge in [0.25, 0.3) is 15.9 Å². The topological polar surface area (TPSA) is 78.5 Å². The Morgan fingerprint density at radius 3 is 2.65 bits per heavy atom. The molecule has 2 aromatic rings. The van der Waals surface area contributed by atoms with Gasteiger partial charge in [-0.15, -0.1) is 0 Å². The Labute approximate surface area is 187 Å². The van der Waals surface area contributed by atoms with Crippen molar-refractivity contribution in [1.29, 1.82) is 0 Å². The van der Waals surface area contributed by atoms with Gasteiger partial charge in [0.1, 0.15) is 10.7 Å². The Kier molecular flexibility index (Phi) is 7.56. The van der Waals surface area contributed by atoms with Crippen molar-refractivity contribution in [2.24, 2.45) is 5.92 Å². The number of rotatable bonds is 7. The van der Waals surface area contributed by atoms with E-state index in [0.29, 0.717) is 12.5 Å². The molecule has 2 N–H and O–H groups in total. The van der Waals surface area contributed by atoms with Crippen molar-refractivity contribution in [2.45, 2.75) is 37.6 Å². The first-order valence-corrected chi connectivity index (χ1v) is 12.1. The van der Waals surface area contributed by atoms with E-state index >= 15 is 0 Å². The number of likely N-dealkylation sites (tertiary alicyclic amines) is 1. The number of benzene rings is 2. The molecule has 1 fully saturated rings. The van der Waals surface area contributed by atoms with Crippen molar-refractivity contribution in [3.05, 3.63) is 58.9 Å². The number of carbonyl (C=O) groups excluding carboxylic acids is 1. The second kappa shape index (κ2) is 9.97. The van der Waals surface area contributed by atoms with E-state index < -0.39 is 15.8 Å². The van der Waals surface area contributed by atoms with Crippen LogP contribution < -0.4 is 10.0 Å². The van der Waals surface area contributed by atoms with E-state index in [0.717, 1.165) is 31.6 Å². The zero-order chi connectivity index (χ0) is 22.6. The Morgan fingerprint density at radius 2 is 1.97 bits per heavy atom. The summed E-state index contributed by atoms with van der Waals surface area (Å²) in [6, 6.07) is 9.20. The molecule has 0 bridgehead atoms. The minimum absolute atomic E-state index is 0.0122. The molecule has 168 valence electrons. The van der Waals surface area contributed by atoms with Gasteiger partial charge >= 0.3 is 0 Å². The molecule has 0 aromatic heterocycles. The van der Waals surface area contributed by atoms with E-state index in [1.54, 1.807) is 0 Å². The smallest absolute Gasteiger partial charge is 0.263 e. The van der Waals surface area contributed by atoms with Crippen molar-refractivity contribution in [2.75, 3.05) is 24.4 Å². The number of halogens is 2. The molecule has 2 atom stereocenters. The number of nitrogens with one attached hydrogen (secondary N) is 2. The van der Waals surface area contributed by atoms with Crippen LogP contribution in [0.25, 0.3) is 0 Å². The lowest BCUT2D eigenvalue weighted by Gasteiger charge is -2.35. The summed E-state index contributed by atoms with van der Waals surface area (Å²) >= 11 is 6.10. The molecule has 1 saturated heterocycles. The van der Waals surface area contributed by atoms with Gasteiger partial charge in [-0.25, -0.2) is 12.8 Å². The van der Waals surface area contributed by atoms with E-state index in [9.17, 15) is 17.6 Å². The van der Waals surface area contributed by atoms with Gasteiger partial charge in [0.2, 0.25) is 0 Å².